The van der Waals surface area contributed by atoms with E-state index in [1.54, 1.807) is 0 Å². The highest BCUT2D eigenvalue weighted by molar-refractivity contribution is 6.52. The average molecular weight is 299 g/mol. The van der Waals surface area contributed by atoms with E-state index in [-0.39, 0.29) is 11.3 Å². The van der Waals surface area contributed by atoms with E-state index >= 15 is 0 Å². The molecule has 0 saturated heterocycles. The number of carbonyl (C=O) groups is 2. The van der Waals surface area contributed by atoms with E-state index in [1.165, 1.54) is 0 Å². The number of fused-ring (bicyclic) bond motifs is 1. The van der Waals surface area contributed by atoms with E-state index in [9.17, 15) is 27.9 Å². The molecule has 0 bridgehead atoms. The molecule has 2 atom stereocenters. The topological polar surface area (TPSA) is 57.6 Å². The van der Waals surface area contributed by atoms with Crippen molar-refractivity contribution in [3.63, 3.8) is 0 Å². The van der Waals surface area contributed by atoms with Gasteiger partial charge in [-0.25, -0.2) is 0 Å². The van der Waals surface area contributed by atoms with E-state index in [1.807, 2.05) is 0 Å². The van der Waals surface area contributed by atoms with Crippen LogP contribution in [0, 0.1) is 0 Å². The zero-order valence-corrected chi connectivity index (χ0v) is 10.9. The molecule has 0 unspecified atom stereocenters. The molecular weight excluding hydrogens is 287 g/mol. The Hall–Kier alpha value is -1.89. The van der Waals surface area contributed by atoms with Gasteiger partial charge in [0.1, 0.15) is 0 Å². The maximum absolute atomic E-state index is 12.7. The average Bonchev–Trinajstić information content (AvgIpc) is 2.92. The minimum atomic E-state index is -4.57. The van der Waals surface area contributed by atoms with Gasteiger partial charge in [0.05, 0.1) is 29.0 Å². The summed E-state index contributed by atoms with van der Waals surface area (Å²) >= 11 is 0. The Labute approximate surface area is 118 Å². The molecular formula is C14H12F3NO3. The molecule has 4 nitrogen and oxygen atoms in total. The summed E-state index contributed by atoms with van der Waals surface area (Å²) in [6.45, 7) is 0. The van der Waals surface area contributed by atoms with E-state index < -0.39 is 35.6 Å². The molecule has 1 N–H and O–H groups in total. The predicted molar refractivity (Wildman–Crippen MR) is 66.9 cm³/mol. The molecule has 21 heavy (non-hydrogen) atoms. The number of hydrogen-bond acceptors (Lipinski definition) is 3. The summed E-state index contributed by atoms with van der Waals surface area (Å²) in [6.07, 6.45) is -3.58. The second kappa shape index (κ2) is 4.56. The molecule has 1 fully saturated rings. The Kier molecular flexibility index (Phi) is 3.05. The van der Waals surface area contributed by atoms with Crippen LogP contribution in [0.4, 0.5) is 18.9 Å². The number of carbonyl (C=O) groups excluding carboxylic acids is 2. The minimum Gasteiger partial charge on any atom is -0.391 e. The highest BCUT2D eigenvalue weighted by atomic mass is 19.4. The first-order valence-electron chi connectivity index (χ1n) is 6.58. The predicted octanol–water partition coefficient (Wildman–Crippen LogP) is 2.15. The first kappa shape index (κ1) is 14.1. The Balaban J connectivity index is 2.06. The van der Waals surface area contributed by atoms with E-state index in [4.69, 9.17) is 0 Å². The Morgan fingerprint density at radius 2 is 1.90 bits per heavy atom. The van der Waals surface area contributed by atoms with Crippen LogP contribution in [0.3, 0.4) is 0 Å². The van der Waals surface area contributed by atoms with Gasteiger partial charge in [-0.05, 0) is 37.5 Å². The molecule has 1 aromatic carbocycles. The van der Waals surface area contributed by atoms with Crippen molar-refractivity contribution < 1.29 is 27.9 Å². The molecule has 1 aliphatic heterocycles. The summed E-state index contributed by atoms with van der Waals surface area (Å²) in [5.74, 6) is -1.81. The highest BCUT2D eigenvalue weighted by Gasteiger charge is 2.44. The minimum absolute atomic E-state index is 0.156. The molecule has 112 valence electrons. The molecule has 1 aliphatic carbocycles. The molecule has 7 heteroatoms. The Morgan fingerprint density at radius 3 is 2.48 bits per heavy atom. The van der Waals surface area contributed by atoms with Crippen LogP contribution >= 0.6 is 0 Å². The fraction of sp³-hybridized carbons (Fsp3) is 0.429. The summed E-state index contributed by atoms with van der Waals surface area (Å²) in [4.78, 5) is 25.1. The number of rotatable bonds is 1. The number of hydrogen-bond donors (Lipinski definition) is 1. The molecule has 0 radical (unpaired) electrons. The van der Waals surface area contributed by atoms with Gasteiger partial charge in [0.2, 0.25) is 0 Å². The van der Waals surface area contributed by atoms with Crippen LogP contribution in [0.25, 0.3) is 0 Å². The lowest BCUT2D eigenvalue weighted by Crippen LogP contribution is -2.43. The number of aliphatic hydroxyl groups excluding tert-OH is 1. The Morgan fingerprint density at radius 1 is 1.19 bits per heavy atom. The fourth-order valence-corrected chi connectivity index (χ4v) is 2.99. The lowest BCUT2D eigenvalue weighted by atomic mass is 10.1. The number of benzene rings is 1. The zero-order chi connectivity index (χ0) is 15.4. The smallest absolute Gasteiger partial charge is 0.391 e. The molecule has 2 aliphatic rings. The van der Waals surface area contributed by atoms with Crippen LogP contribution < -0.4 is 4.90 Å². The van der Waals surface area contributed by atoms with Gasteiger partial charge >= 0.3 is 6.18 Å². The molecule has 1 heterocycles. The van der Waals surface area contributed by atoms with Crippen molar-refractivity contribution in [1.82, 2.24) is 0 Å². The van der Waals surface area contributed by atoms with Crippen molar-refractivity contribution in [2.24, 2.45) is 0 Å². The van der Waals surface area contributed by atoms with Crippen molar-refractivity contribution in [3.8, 4) is 0 Å². The third-order valence-electron chi connectivity index (χ3n) is 4.02. The van der Waals surface area contributed by atoms with Crippen LogP contribution in [0.15, 0.2) is 18.2 Å². The van der Waals surface area contributed by atoms with E-state index in [0.29, 0.717) is 25.3 Å². The van der Waals surface area contributed by atoms with Gasteiger partial charge in [0, 0.05) is 0 Å². The van der Waals surface area contributed by atoms with Crippen LogP contribution in [0.2, 0.25) is 0 Å². The highest BCUT2D eigenvalue weighted by Crippen LogP contribution is 2.39. The normalized spacial score (nSPS) is 25.6. The molecule has 1 aromatic rings. The van der Waals surface area contributed by atoms with Gasteiger partial charge in [0.15, 0.2) is 0 Å². The van der Waals surface area contributed by atoms with Gasteiger partial charge in [-0.15, -0.1) is 0 Å². The van der Waals surface area contributed by atoms with Gasteiger partial charge in [-0.1, -0.05) is 0 Å². The second-order valence-corrected chi connectivity index (χ2v) is 5.30. The number of nitrogens with zero attached hydrogens (tertiary/aromatic N) is 1. The zero-order valence-electron chi connectivity index (χ0n) is 10.9. The van der Waals surface area contributed by atoms with Gasteiger partial charge in [-0.2, -0.15) is 13.2 Å². The van der Waals surface area contributed by atoms with Crippen molar-refractivity contribution in [2.75, 3.05) is 4.90 Å². The van der Waals surface area contributed by atoms with Crippen LogP contribution in [-0.2, 0) is 11.0 Å². The molecule has 1 saturated carbocycles. The van der Waals surface area contributed by atoms with Crippen molar-refractivity contribution in [1.29, 1.82) is 0 Å². The molecule has 0 spiro atoms. The number of alkyl halides is 3. The molecule has 0 aromatic heterocycles. The maximum Gasteiger partial charge on any atom is 0.416 e. The van der Waals surface area contributed by atoms with Crippen LogP contribution in [0.5, 0.6) is 0 Å². The summed E-state index contributed by atoms with van der Waals surface area (Å²) < 4.78 is 38.1. The largest absolute Gasteiger partial charge is 0.416 e. The number of ketones is 1. The fourth-order valence-electron chi connectivity index (χ4n) is 2.99. The SMILES string of the molecule is O=C1C(=O)N([C@H]2CCC[C@@H]2O)c2ccc(C(F)(F)F)cc21. The summed E-state index contributed by atoms with van der Waals surface area (Å²) in [5.41, 5.74) is -1.05. The van der Waals surface area contributed by atoms with Gasteiger partial charge in [-0.3, -0.25) is 14.5 Å². The first-order chi connectivity index (χ1) is 9.80. The lowest BCUT2D eigenvalue weighted by Gasteiger charge is -2.26. The summed E-state index contributed by atoms with van der Waals surface area (Å²) in [5, 5.41) is 9.88. The maximum atomic E-state index is 12.7. The number of aliphatic hydroxyl groups is 1. The first-order valence-corrected chi connectivity index (χ1v) is 6.58. The molecule has 1 amide bonds. The third-order valence-corrected chi connectivity index (χ3v) is 4.02. The van der Waals surface area contributed by atoms with Crippen molar-refractivity contribution in [3.05, 3.63) is 29.3 Å². The van der Waals surface area contributed by atoms with Crippen LogP contribution in [0.1, 0.15) is 35.2 Å². The number of halogens is 3. The number of Topliss-reactive ketones (excluding diaryl/α,β-unsaturated/α-hetero) is 1. The molecule has 3 rings (SSSR count). The van der Waals surface area contributed by atoms with E-state index in [2.05, 4.69) is 0 Å². The van der Waals surface area contributed by atoms with Crippen molar-refractivity contribution >= 4 is 17.4 Å². The van der Waals surface area contributed by atoms with Crippen molar-refractivity contribution in [2.45, 2.75) is 37.6 Å². The monoisotopic (exact) mass is 299 g/mol. The third kappa shape index (κ3) is 2.12. The summed E-state index contributed by atoms with van der Waals surface area (Å²) in [7, 11) is 0. The Bertz CT molecular complexity index is 626. The quantitative estimate of drug-likeness (QED) is 0.808. The number of anilines is 1. The lowest BCUT2D eigenvalue weighted by molar-refractivity contribution is -0.137. The van der Waals surface area contributed by atoms with Gasteiger partial charge < -0.3 is 5.11 Å². The van der Waals surface area contributed by atoms with Crippen LogP contribution in [-0.4, -0.2) is 28.9 Å². The number of amides is 1. The van der Waals surface area contributed by atoms with Gasteiger partial charge in [0.25, 0.3) is 11.7 Å². The standard InChI is InChI=1S/C14H12F3NO3/c15-14(16,17)7-4-5-9-8(6-7)12(20)13(21)18(9)10-2-1-3-11(10)19/h4-6,10-11,19H,1-3H2/t10-,11-/m0/s1. The summed E-state index contributed by atoms with van der Waals surface area (Å²) in [6, 6.07) is 2.14. The second-order valence-electron chi connectivity index (χ2n) is 5.30. The van der Waals surface area contributed by atoms with E-state index in [0.717, 1.165) is 17.0 Å².